The van der Waals surface area contributed by atoms with Gasteiger partial charge in [0, 0.05) is 24.4 Å². The molecule has 0 radical (unpaired) electrons. The van der Waals surface area contributed by atoms with E-state index in [-0.39, 0.29) is 23.4 Å². The number of oxime groups is 1. The Labute approximate surface area is 144 Å². The molecule has 0 aliphatic carbocycles. The minimum Gasteiger partial charge on any atom is -0.467 e. The van der Waals surface area contributed by atoms with Crippen LogP contribution in [0, 0.1) is 0 Å². The summed E-state index contributed by atoms with van der Waals surface area (Å²) in [5, 5.41) is 14.3. The van der Waals surface area contributed by atoms with E-state index in [1.165, 1.54) is 25.6 Å². The Morgan fingerprint density at radius 2 is 2.00 bits per heavy atom. The molecule has 8 heteroatoms. The third kappa shape index (κ3) is 4.54. The lowest BCUT2D eigenvalue weighted by Gasteiger charge is -2.17. The Bertz CT molecular complexity index is 777. The highest BCUT2D eigenvalue weighted by Gasteiger charge is 2.24. The minimum absolute atomic E-state index is 0.0831. The Hall–Kier alpha value is -3.42. The molecule has 0 saturated carbocycles. The monoisotopic (exact) mass is 342 g/mol. The van der Waals surface area contributed by atoms with E-state index in [1.54, 1.807) is 0 Å². The number of aromatic nitrogens is 1. The van der Waals surface area contributed by atoms with Gasteiger partial charge in [0.25, 0.3) is 5.91 Å². The average Bonchev–Trinajstić information content (AvgIpc) is 2.66. The molecular weight excluding hydrogens is 324 g/mol. The SMILES string of the molecule is COC(=O)[C@H](Cc1ccccc1)NC(=O)c1cnccc1/C(N)=N/O. The van der Waals surface area contributed by atoms with Gasteiger partial charge in [0.1, 0.15) is 6.04 Å². The van der Waals surface area contributed by atoms with Crippen molar-refractivity contribution >= 4 is 17.7 Å². The maximum atomic E-state index is 12.6. The van der Waals surface area contributed by atoms with E-state index in [1.807, 2.05) is 30.3 Å². The van der Waals surface area contributed by atoms with E-state index in [4.69, 9.17) is 15.7 Å². The number of nitrogens with two attached hydrogens (primary N) is 1. The highest BCUT2D eigenvalue weighted by molar-refractivity contribution is 6.08. The number of carbonyl (C=O) groups is 2. The van der Waals surface area contributed by atoms with Gasteiger partial charge in [0.2, 0.25) is 0 Å². The minimum atomic E-state index is -0.889. The van der Waals surface area contributed by atoms with Gasteiger partial charge < -0.3 is 21.0 Å². The van der Waals surface area contributed by atoms with Gasteiger partial charge in [-0.05, 0) is 11.6 Å². The number of methoxy groups -OCH3 is 1. The standard InChI is InChI=1S/C17H18N4O4/c1-25-17(23)14(9-11-5-3-2-4-6-11)20-16(22)13-10-19-8-7-12(13)15(18)21-24/h2-8,10,14,24H,9H2,1H3,(H2,18,21)(H,20,22)/t14-/m0/s1. The van der Waals surface area contributed by atoms with E-state index in [9.17, 15) is 9.59 Å². The molecule has 1 aromatic carbocycles. The molecule has 0 bridgehead atoms. The molecule has 0 saturated heterocycles. The molecule has 1 aromatic heterocycles. The summed E-state index contributed by atoms with van der Waals surface area (Å²) < 4.78 is 4.76. The molecule has 1 atom stereocenters. The average molecular weight is 342 g/mol. The van der Waals surface area contributed by atoms with Crippen molar-refractivity contribution in [3.8, 4) is 0 Å². The summed E-state index contributed by atoms with van der Waals surface area (Å²) in [6.45, 7) is 0. The number of hydrogen-bond donors (Lipinski definition) is 3. The Morgan fingerprint density at radius 3 is 2.64 bits per heavy atom. The zero-order valence-electron chi connectivity index (χ0n) is 13.5. The van der Waals surface area contributed by atoms with Crippen molar-refractivity contribution in [2.75, 3.05) is 7.11 Å². The number of amidine groups is 1. The molecule has 2 aromatic rings. The number of carbonyl (C=O) groups excluding carboxylic acids is 2. The number of esters is 1. The summed E-state index contributed by atoms with van der Waals surface area (Å²) >= 11 is 0. The predicted molar refractivity (Wildman–Crippen MR) is 90.2 cm³/mol. The summed E-state index contributed by atoms with van der Waals surface area (Å²) in [4.78, 5) is 28.4. The van der Waals surface area contributed by atoms with Gasteiger partial charge in [-0.3, -0.25) is 9.78 Å². The molecule has 0 aliphatic rings. The van der Waals surface area contributed by atoms with Crippen LogP contribution >= 0.6 is 0 Å². The van der Waals surface area contributed by atoms with Gasteiger partial charge in [0.05, 0.1) is 12.7 Å². The molecule has 130 valence electrons. The van der Waals surface area contributed by atoms with Gasteiger partial charge in [-0.2, -0.15) is 0 Å². The van der Waals surface area contributed by atoms with Crippen LogP contribution in [0.15, 0.2) is 53.9 Å². The number of amides is 1. The maximum absolute atomic E-state index is 12.6. The van der Waals surface area contributed by atoms with Crippen molar-refractivity contribution in [1.82, 2.24) is 10.3 Å². The summed E-state index contributed by atoms with van der Waals surface area (Å²) in [7, 11) is 1.25. The number of ether oxygens (including phenoxy) is 1. The van der Waals surface area contributed by atoms with Crippen LogP contribution in [0.3, 0.4) is 0 Å². The van der Waals surface area contributed by atoms with E-state index in [0.717, 1.165) is 5.56 Å². The molecule has 0 fully saturated rings. The fourth-order valence-corrected chi connectivity index (χ4v) is 2.27. The number of nitrogens with one attached hydrogen (secondary N) is 1. The Kier molecular flexibility index (Phi) is 6.05. The lowest BCUT2D eigenvalue weighted by molar-refractivity contribution is -0.142. The van der Waals surface area contributed by atoms with Crippen LogP contribution in [-0.4, -0.2) is 41.1 Å². The second kappa shape index (κ2) is 8.44. The Balaban J connectivity index is 2.24. The number of pyridine rings is 1. The first-order valence-electron chi connectivity index (χ1n) is 7.41. The molecule has 8 nitrogen and oxygen atoms in total. The molecule has 25 heavy (non-hydrogen) atoms. The van der Waals surface area contributed by atoms with Gasteiger partial charge >= 0.3 is 5.97 Å². The van der Waals surface area contributed by atoms with Crippen molar-refractivity contribution in [2.45, 2.75) is 12.5 Å². The van der Waals surface area contributed by atoms with E-state index < -0.39 is 17.9 Å². The second-order valence-corrected chi connectivity index (χ2v) is 5.15. The summed E-state index contributed by atoms with van der Waals surface area (Å²) in [5.41, 5.74) is 6.73. The van der Waals surface area contributed by atoms with E-state index >= 15 is 0 Å². The quantitative estimate of drug-likeness (QED) is 0.233. The van der Waals surface area contributed by atoms with Crippen LogP contribution in [0.4, 0.5) is 0 Å². The molecule has 0 aliphatic heterocycles. The third-order valence-electron chi connectivity index (χ3n) is 3.52. The predicted octanol–water partition coefficient (Wildman–Crippen LogP) is 0.690. The maximum Gasteiger partial charge on any atom is 0.328 e. The van der Waals surface area contributed by atoms with Crippen LogP contribution < -0.4 is 11.1 Å². The van der Waals surface area contributed by atoms with Crippen LogP contribution in [0.5, 0.6) is 0 Å². The topological polar surface area (TPSA) is 127 Å². The van der Waals surface area contributed by atoms with Crippen LogP contribution in [0.2, 0.25) is 0 Å². The van der Waals surface area contributed by atoms with Crippen molar-refractivity contribution in [3.05, 3.63) is 65.5 Å². The van der Waals surface area contributed by atoms with Crippen LogP contribution in [-0.2, 0) is 16.0 Å². The van der Waals surface area contributed by atoms with E-state index in [2.05, 4.69) is 15.5 Å². The third-order valence-corrected chi connectivity index (χ3v) is 3.52. The zero-order chi connectivity index (χ0) is 18.2. The van der Waals surface area contributed by atoms with Gasteiger partial charge in [-0.15, -0.1) is 0 Å². The molecule has 0 unspecified atom stereocenters. The number of nitrogens with zero attached hydrogens (tertiary/aromatic N) is 2. The molecule has 1 amide bonds. The second-order valence-electron chi connectivity index (χ2n) is 5.15. The van der Waals surface area contributed by atoms with Crippen LogP contribution in [0.25, 0.3) is 0 Å². The molecule has 2 rings (SSSR count). The van der Waals surface area contributed by atoms with Gasteiger partial charge in [0.15, 0.2) is 5.84 Å². The van der Waals surface area contributed by atoms with Crippen molar-refractivity contribution in [3.63, 3.8) is 0 Å². The molecule has 0 spiro atoms. The fourth-order valence-electron chi connectivity index (χ4n) is 2.27. The molecule has 4 N–H and O–H groups in total. The lowest BCUT2D eigenvalue weighted by Crippen LogP contribution is -2.43. The first-order valence-corrected chi connectivity index (χ1v) is 7.41. The smallest absolute Gasteiger partial charge is 0.328 e. The van der Waals surface area contributed by atoms with Gasteiger partial charge in [-0.1, -0.05) is 35.5 Å². The number of hydrogen-bond acceptors (Lipinski definition) is 6. The highest BCUT2D eigenvalue weighted by atomic mass is 16.5. The summed E-state index contributed by atoms with van der Waals surface area (Å²) in [5.74, 6) is -1.39. The molecular formula is C17H18N4O4. The lowest BCUT2D eigenvalue weighted by atomic mass is 10.0. The number of rotatable bonds is 6. The first-order chi connectivity index (χ1) is 12.1. The summed E-state index contributed by atoms with van der Waals surface area (Å²) in [6, 6.07) is 9.76. The molecule has 1 heterocycles. The van der Waals surface area contributed by atoms with Crippen molar-refractivity contribution in [1.29, 1.82) is 0 Å². The summed E-state index contributed by atoms with van der Waals surface area (Å²) in [6.07, 6.45) is 2.95. The zero-order valence-corrected chi connectivity index (χ0v) is 13.5. The van der Waals surface area contributed by atoms with Crippen LogP contribution in [0.1, 0.15) is 21.5 Å². The highest BCUT2D eigenvalue weighted by Crippen LogP contribution is 2.09. The fraction of sp³-hybridized carbons (Fsp3) is 0.176. The van der Waals surface area contributed by atoms with Gasteiger partial charge in [-0.25, -0.2) is 4.79 Å². The largest absolute Gasteiger partial charge is 0.467 e. The Morgan fingerprint density at radius 1 is 1.28 bits per heavy atom. The van der Waals surface area contributed by atoms with Crippen molar-refractivity contribution < 1.29 is 19.5 Å². The number of benzene rings is 1. The van der Waals surface area contributed by atoms with E-state index in [0.29, 0.717) is 0 Å². The van der Waals surface area contributed by atoms with Crippen molar-refractivity contribution in [2.24, 2.45) is 10.9 Å². The normalized spacial score (nSPS) is 12.3. The first kappa shape index (κ1) is 17.9.